The second kappa shape index (κ2) is 3.53. The average Bonchev–Trinajstić information content (AvgIpc) is 2.87. The smallest absolute Gasteiger partial charge is 0.00722 e. The Morgan fingerprint density at radius 3 is 2.50 bits per heavy atom. The van der Waals surface area contributed by atoms with Crippen molar-refractivity contribution in [2.24, 2.45) is 5.92 Å². The maximum atomic E-state index is 2.22. The molecule has 12 heavy (non-hydrogen) atoms. The number of thioether (sulfide) groups is 1. The van der Waals surface area contributed by atoms with E-state index in [0.717, 1.165) is 5.92 Å². The summed E-state index contributed by atoms with van der Waals surface area (Å²) in [6.07, 6.45) is 2.91. The molecule has 0 unspecified atom stereocenters. The molecule has 0 radical (unpaired) electrons. The van der Waals surface area contributed by atoms with Gasteiger partial charge in [-0.05, 0) is 37.8 Å². The highest BCUT2D eigenvalue weighted by molar-refractivity contribution is 7.99. The van der Waals surface area contributed by atoms with Crippen LogP contribution in [-0.4, -0.2) is 5.75 Å². The molecule has 0 aromatic heterocycles. The first-order valence-electron chi connectivity index (χ1n) is 4.54. The van der Waals surface area contributed by atoms with E-state index in [1.807, 2.05) is 11.8 Å². The molecule has 0 amide bonds. The van der Waals surface area contributed by atoms with Crippen molar-refractivity contribution in [3.8, 4) is 0 Å². The first-order chi connectivity index (χ1) is 5.84. The molecule has 0 atom stereocenters. The molecule has 1 fully saturated rings. The SMILES string of the molecule is Cc1ccc(SCC2CC2)cc1. The first kappa shape index (κ1) is 8.18. The minimum Gasteiger partial charge on any atom is -0.126 e. The maximum absolute atomic E-state index is 2.22. The topological polar surface area (TPSA) is 0 Å². The van der Waals surface area contributed by atoms with Crippen LogP contribution in [0.2, 0.25) is 0 Å². The number of rotatable bonds is 3. The van der Waals surface area contributed by atoms with Gasteiger partial charge in [0.25, 0.3) is 0 Å². The minimum atomic E-state index is 1.02. The Kier molecular flexibility index (Phi) is 2.40. The van der Waals surface area contributed by atoms with Gasteiger partial charge in [0.05, 0.1) is 0 Å². The highest BCUT2D eigenvalue weighted by Gasteiger charge is 2.20. The summed E-state index contributed by atoms with van der Waals surface area (Å²) in [5.74, 6) is 2.35. The third-order valence-electron chi connectivity index (χ3n) is 2.20. The van der Waals surface area contributed by atoms with Crippen LogP contribution in [-0.2, 0) is 0 Å². The normalized spacial score (nSPS) is 16.4. The van der Waals surface area contributed by atoms with E-state index in [2.05, 4.69) is 31.2 Å². The first-order valence-corrected chi connectivity index (χ1v) is 5.52. The highest BCUT2D eigenvalue weighted by Crippen LogP contribution is 2.34. The molecule has 1 aromatic carbocycles. The molecular formula is C11H14S. The Labute approximate surface area is 78.4 Å². The molecule has 1 aliphatic rings. The fourth-order valence-electron chi connectivity index (χ4n) is 1.13. The quantitative estimate of drug-likeness (QED) is 0.638. The lowest BCUT2D eigenvalue weighted by Gasteiger charge is -1.99. The van der Waals surface area contributed by atoms with Crippen LogP contribution >= 0.6 is 11.8 Å². The second-order valence-electron chi connectivity index (χ2n) is 3.57. The van der Waals surface area contributed by atoms with Crippen molar-refractivity contribution in [3.05, 3.63) is 29.8 Å². The number of aryl methyl sites for hydroxylation is 1. The van der Waals surface area contributed by atoms with Crippen molar-refractivity contribution >= 4 is 11.8 Å². The minimum absolute atomic E-state index is 1.02. The summed E-state index contributed by atoms with van der Waals surface area (Å²) < 4.78 is 0. The molecule has 0 bridgehead atoms. The Bertz CT molecular complexity index is 246. The van der Waals surface area contributed by atoms with E-state index in [4.69, 9.17) is 0 Å². The molecule has 0 nitrogen and oxygen atoms in total. The fraction of sp³-hybridized carbons (Fsp3) is 0.455. The molecule has 0 N–H and O–H groups in total. The summed E-state index contributed by atoms with van der Waals surface area (Å²) in [7, 11) is 0. The summed E-state index contributed by atoms with van der Waals surface area (Å²) in [5, 5.41) is 0. The molecular weight excluding hydrogens is 164 g/mol. The largest absolute Gasteiger partial charge is 0.126 e. The van der Waals surface area contributed by atoms with E-state index in [1.54, 1.807) is 0 Å². The van der Waals surface area contributed by atoms with Gasteiger partial charge < -0.3 is 0 Å². The molecule has 1 saturated carbocycles. The molecule has 0 saturated heterocycles. The van der Waals surface area contributed by atoms with Crippen LogP contribution < -0.4 is 0 Å². The lowest BCUT2D eigenvalue weighted by atomic mass is 10.2. The van der Waals surface area contributed by atoms with Crippen molar-refractivity contribution in [2.75, 3.05) is 5.75 Å². The Morgan fingerprint density at radius 2 is 1.92 bits per heavy atom. The van der Waals surface area contributed by atoms with Gasteiger partial charge in [0.2, 0.25) is 0 Å². The van der Waals surface area contributed by atoms with Gasteiger partial charge in [-0.25, -0.2) is 0 Å². The lowest BCUT2D eigenvalue weighted by molar-refractivity contribution is 1.000. The van der Waals surface area contributed by atoms with Gasteiger partial charge in [-0.2, -0.15) is 0 Å². The van der Waals surface area contributed by atoms with Crippen LogP contribution in [0, 0.1) is 12.8 Å². The van der Waals surface area contributed by atoms with E-state index in [0.29, 0.717) is 0 Å². The monoisotopic (exact) mass is 178 g/mol. The molecule has 0 heterocycles. The predicted octanol–water partition coefficient (Wildman–Crippen LogP) is 3.50. The summed E-state index contributed by atoms with van der Waals surface area (Å²) in [5.41, 5.74) is 1.35. The zero-order chi connectivity index (χ0) is 8.39. The van der Waals surface area contributed by atoms with Crippen LogP contribution in [0.4, 0.5) is 0 Å². The Hall–Kier alpha value is -0.430. The van der Waals surface area contributed by atoms with E-state index < -0.39 is 0 Å². The predicted molar refractivity (Wildman–Crippen MR) is 54.6 cm³/mol. The second-order valence-corrected chi connectivity index (χ2v) is 4.66. The van der Waals surface area contributed by atoms with Crippen molar-refractivity contribution in [2.45, 2.75) is 24.7 Å². The molecule has 0 spiro atoms. The fourth-order valence-corrected chi connectivity index (χ4v) is 2.22. The summed E-state index contributed by atoms with van der Waals surface area (Å²) in [4.78, 5) is 1.42. The van der Waals surface area contributed by atoms with Gasteiger partial charge in [0.1, 0.15) is 0 Å². The van der Waals surface area contributed by atoms with Gasteiger partial charge in [-0.3, -0.25) is 0 Å². The van der Waals surface area contributed by atoms with Crippen molar-refractivity contribution in [1.29, 1.82) is 0 Å². The van der Waals surface area contributed by atoms with Crippen molar-refractivity contribution in [3.63, 3.8) is 0 Å². The van der Waals surface area contributed by atoms with Gasteiger partial charge >= 0.3 is 0 Å². The average molecular weight is 178 g/mol. The third kappa shape index (κ3) is 2.28. The van der Waals surface area contributed by atoms with Gasteiger partial charge in [-0.15, -0.1) is 11.8 Å². The van der Waals surface area contributed by atoms with E-state index in [-0.39, 0.29) is 0 Å². The van der Waals surface area contributed by atoms with Crippen molar-refractivity contribution < 1.29 is 0 Å². The van der Waals surface area contributed by atoms with E-state index >= 15 is 0 Å². The van der Waals surface area contributed by atoms with Crippen LogP contribution in [0.5, 0.6) is 0 Å². The summed E-state index contributed by atoms with van der Waals surface area (Å²) in [6, 6.07) is 8.83. The summed E-state index contributed by atoms with van der Waals surface area (Å²) in [6.45, 7) is 2.13. The number of benzene rings is 1. The standard InChI is InChI=1S/C11H14S/c1-9-2-6-11(7-3-9)12-8-10-4-5-10/h2-3,6-7,10H,4-5,8H2,1H3. The highest BCUT2D eigenvalue weighted by atomic mass is 32.2. The molecule has 1 aromatic rings. The van der Waals surface area contributed by atoms with E-state index in [1.165, 1.54) is 29.1 Å². The zero-order valence-corrected chi connectivity index (χ0v) is 8.23. The molecule has 2 rings (SSSR count). The van der Waals surface area contributed by atoms with Crippen molar-refractivity contribution in [1.82, 2.24) is 0 Å². The Balaban J connectivity index is 1.89. The van der Waals surface area contributed by atoms with Gasteiger partial charge in [-0.1, -0.05) is 17.7 Å². The third-order valence-corrected chi connectivity index (χ3v) is 3.45. The van der Waals surface area contributed by atoms with E-state index in [9.17, 15) is 0 Å². The molecule has 64 valence electrons. The molecule has 0 aliphatic heterocycles. The lowest BCUT2D eigenvalue weighted by Crippen LogP contribution is -1.80. The molecule has 1 heteroatoms. The zero-order valence-electron chi connectivity index (χ0n) is 7.42. The van der Waals surface area contributed by atoms with Crippen LogP contribution in [0.25, 0.3) is 0 Å². The summed E-state index contributed by atoms with van der Waals surface area (Å²) >= 11 is 2.00. The maximum Gasteiger partial charge on any atom is 0.00722 e. The number of hydrogen-bond acceptors (Lipinski definition) is 1. The molecule has 1 aliphatic carbocycles. The number of hydrogen-bond donors (Lipinski definition) is 0. The Morgan fingerprint density at radius 1 is 1.25 bits per heavy atom. The van der Waals surface area contributed by atoms with Gasteiger partial charge in [0.15, 0.2) is 0 Å². The van der Waals surface area contributed by atoms with Crippen LogP contribution in [0.15, 0.2) is 29.2 Å². The van der Waals surface area contributed by atoms with Crippen LogP contribution in [0.3, 0.4) is 0 Å². The van der Waals surface area contributed by atoms with Crippen LogP contribution in [0.1, 0.15) is 18.4 Å². The van der Waals surface area contributed by atoms with Gasteiger partial charge in [0, 0.05) is 10.6 Å².